The Bertz CT molecular complexity index is 662. The van der Waals surface area contributed by atoms with Crippen molar-refractivity contribution >= 4 is 43.5 Å². The zero-order valence-electron chi connectivity index (χ0n) is 11.4. The van der Waals surface area contributed by atoms with Crippen LogP contribution in [0.25, 0.3) is 0 Å². The van der Waals surface area contributed by atoms with E-state index in [0.29, 0.717) is 27.6 Å². The third kappa shape index (κ3) is 3.54. The van der Waals surface area contributed by atoms with E-state index in [4.69, 9.17) is 21.1 Å². The van der Waals surface area contributed by atoms with E-state index < -0.39 is 6.10 Å². The van der Waals surface area contributed by atoms with Crippen molar-refractivity contribution in [1.29, 1.82) is 0 Å². The second-order valence-electron chi connectivity index (χ2n) is 4.30. The predicted molar refractivity (Wildman–Crippen MR) is 90.5 cm³/mol. The molecule has 2 rings (SSSR count). The molecule has 1 unspecified atom stereocenters. The van der Waals surface area contributed by atoms with Gasteiger partial charge in [-0.15, -0.1) is 0 Å². The molecule has 0 aliphatic carbocycles. The molecule has 21 heavy (non-hydrogen) atoms. The van der Waals surface area contributed by atoms with Crippen LogP contribution in [-0.4, -0.2) is 19.3 Å². The van der Waals surface area contributed by atoms with Crippen LogP contribution in [0.2, 0.25) is 5.02 Å². The van der Waals surface area contributed by atoms with E-state index in [1.165, 1.54) is 0 Å². The van der Waals surface area contributed by atoms with Crippen molar-refractivity contribution in [2.45, 2.75) is 6.10 Å². The highest BCUT2D eigenvalue weighted by molar-refractivity contribution is 9.10. The Labute approximate surface area is 145 Å². The smallest absolute Gasteiger partial charge is 0.161 e. The average Bonchev–Trinajstić information content (AvgIpc) is 2.49. The molecule has 0 amide bonds. The van der Waals surface area contributed by atoms with Crippen LogP contribution in [-0.2, 0) is 0 Å². The molecule has 0 aliphatic heterocycles. The van der Waals surface area contributed by atoms with E-state index in [1.807, 2.05) is 6.07 Å². The van der Waals surface area contributed by atoms with Crippen molar-refractivity contribution in [3.05, 3.63) is 55.4 Å². The van der Waals surface area contributed by atoms with Gasteiger partial charge in [-0.1, -0.05) is 33.6 Å². The first-order valence-corrected chi connectivity index (χ1v) is 7.98. The van der Waals surface area contributed by atoms with Crippen LogP contribution in [0.3, 0.4) is 0 Å². The molecule has 112 valence electrons. The van der Waals surface area contributed by atoms with Crippen molar-refractivity contribution in [2.24, 2.45) is 0 Å². The normalized spacial score (nSPS) is 12.1. The number of aliphatic hydroxyl groups is 1. The second-order valence-corrected chi connectivity index (χ2v) is 6.42. The van der Waals surface area contributed by atoms with Crippen molar-refractivity contribution in [2.75, 3.05) is 14.2 Å². The molecule has 6 heteroatoms. The van der Waals surface area contributed by atoms with Crippen LogP contribution in [0.1, 0.15) is 17.2 Å². The summed E-state index contributed by atoms with van der Waals surface area (Å²) < 4.78 is 12.0. The standard InChI is InChI=1S/C15H13Br2ClO3/c1-20-13-6-9(11(17)7-14(13)21-2)15(19)8-3-4-10(16)12(18)5-8/h3-7,15,19H,1-2H3. The maximum atomic E-state index is 10.6. The lowest BCUT2D eigenvalue weighted by Gasteiger charge is -2.17. The van der Waals surface area contributed by atoms with Gasteiger partial charge in [-0.25, -0.2) is 0 Å². The van der Waals surface area contributed by atoms with Crippen LogP contribution in [0, 0.1) is 0 Å². The Morgan fingerprint density at radius 3 is 2.19 bits per heavy atom. The first-order valence-electron chi connectivity index (χ1n) is 6.02. The molecule has 0 bridgehead atoms. The summed E-state index contributed by atoms with van der Waals surface area (Å²) in [6.45, 7) is 0. The lowest BCUT2D eigenvalue weighted by molar-refractivity contribution is 0.218. The molecule has 3 nitrogen and oxygen atoms in total. The van der Waals surface area contributed by atoms with Gasteiger partial charge in [0.2, 0.25) is 0 Å². The van der Waals surface area contributed by atoms with E-state index in [2.05, 4.69) is 31.9 Å². The summed E-state index contributed by atoms with van der Waals surface area (Å²) in [4.78, 5) is 0. The first kappa shape index (κ1) is 16.6. The second kappa shape index (κ2) is 7.01. The monoisotopic (exact) mass is 434 g/mol. The minimum Gasteiger partial charge on any atom is -0.493 e. The molecule has 0 aromatic heterocycles. The highest BCUT2D eigenvalue weighted by Gasteiger charge is 2.18. The highest BCUT2D eigenvalue weighted by atomic mass is 79.9. The molecular formula is C15H13Br2ClO3. The zero-order chi connectivity index (χ0) is 15.6. The van der Waals surface area contributed by atoms with Gasteiger partial charge >= 0.3 is 0 Å². The minimum absolute atomic E-state index is 0.545. The van der Waals surface area contributed by atoms with Crippen LogP contribution in [0.15, 0.2) is 39.3 Å². The molecule has 0 fully saturated rings. The maximum Gasteiger partial charge on any atom is 0.161 e. The van der Waals surface area contributed by atoms with Gasteiger partial charge in [-0.3, -0.25) is 0 Å². The largest absolute Gasteiger partial charge is 0.493 e. The summed E-state index contributed by atoms with van der Waals surface area (Å²) in [6.07, 6.45) is -0.829. The van der Waals surface area contributed by atoms with Gasteiger partial charge in [-0.2, -0.15) is 0 Å². The molecule has 0 saturated heterocycles. The van der Waals surface area contributed by atoms with Gasteiger partial charge in [0.15, 0.2) is 11.5 Å². The fraction of sp³-hybridized carbons (Fsp3) is 0.200. The maximum absolute atomic E-state index is 10.6. The van der Waals surface area contributed by atoms with E-state index >= 15 is 0 Å². The summed E-state index contributed by atoms with van der Waals surface area (Å²) >= 11 is 12.9. The van der Waals surface area contributed by atoms with E-state index in [1.54, 1.807) is 38.5 Å². The van der Waals surface area contributed by atoms with Crippen molar-refractivity contribution in [1.82, 2.24) is 0 Å². The topological polar surface area (TPSA) is 38.7 Å². The number of hydrogen-bond acceptors (Lipinski definition) is 3. The van der Waals surface area contributed by atoms with Crippen LogP contribution < -0.4 is 9.47 Å². The lowest BCUT2D eigenvalue weighted by Crippen LogP contribution is -2.02. The minimum atomic E-state index is -0.829. The van der Waals surface area contributed by atoms with Gasteiger partial charge in [0.25, 0.3) is 0 Å². The van der Waals surface area contributed by atoms with Gasteiger partial charge in [0.1, 0.15) is 6.10 Å². The van der Waals surface area contributed by atoms with Crippen LogP contribution >= 0.6 is 43.5 Å². The number of rotatable bonds is 4. The lowest BCUT2D eigenvalue weighted by atomic mass is 10.0. The van der Waals surface area contributed by atoms with Crippen LogP contribution in [0.4, 0.5) is 0 Å². The summed E-state index contributed by atoms with van der Waals surface area (Å²) in [5.41, 5.74) is 1.36. The third-order valence-electron chi connectivity index (χ3n) is 3.06. The van der Waals surface area contributed by atoms with Crippen molar-refractivity contribution < 1.29 is 14.6 Å². The molecule has 0 spiro atoms. The highest BCUT2D eigenvalue weighted by Crippen LogP contribution is 2.38. The van der Waals surface area contributed by atoms with Gasteiger partial charge in [0.05, 0.1) is 19.2 Å². The fourth-order valence-corrected chi connectivity index (χ4v) is 2.92. The van der Waals surface area contributed by atoms with Gasteiger partial charge in [-0.05, 0) is 45.8 Å². The quantitative estimate of drug-likeness (QED) is 0.736. The summed E-state index contributed by atoms with van der Waals surface area (Å²) in [7, 11) is 3.12. The molecule has 0 radical (unpaired) electrons. The number of ether oxygens (including phenoxy) is 2. The molecule has 0 heterocycles. The predicted octanol–water partition coefficient (Wildman–Crippen LogP) is 4.96. The molecule has 0 aliphatic rings. The summed E-state index contributed by atoms with van der Waals surface area (Å²) in [6, 6.07) is 8.83. The summed E-state index contributed by atoms with van der Waals surface area (Å²) in [5, 5.41) is 11.1. The summed E-state index contributed by atoms with van der Waals surface area (Å²) in [5.74, 6) is 1.15. The Morgan fingerprint density at radius 1 is 1.00 bits per heavy atom. The number of benzene rings is 2. The molecule has 1 N–H and O–H groups in total. The number of methoxy groups -OCH3 is 2. The van der Waals surface area contributed by atoms with E-state index in [-0.39, 0.29) is 0 Å². The Balaban J connectivity index is 2.47. The third-order valence-corrected chi connectivity index (χ3v) is 4.98. The average molecular weight is 437 g/mol. The Hall–Kier alpha value is -0.750. The SMILES string of the molecule is COc1cc(Br)c(C(O)c2ccc(Br)c(Cl)c2)cc1OC. The molecule has 2 aromatic carbocycles. The van der Waals surface area contributed by atoms with Crippen LogP contribution in [0.5, 0.6) is 11.5 Å². The molecule has 2 aromatic rings. The zero-order valence-corrected chi connectivity index (χ0v) is 15.3. The first-order chi connectivity index (χ1) is 9.97. The van der Waals surface area contributed by atoms with Gasteiger partial charge in [0, 0.05) is 14.5 Å². The number of aliphatic hydroxyl groups excluding tert-OH is 1. The van der Waals surface area contributed by atoms with Gasteiger partial charge < -0.3 is 14.6 Å². The van der Waals surface area contributed by atoms with Crippen molar-refractivity contribution in [3.8, 4) is 11.5 Å². The molecular weight excluding hydrogens is 423 g/mol. The fourth-order valence-electron chi connectivity index (χ4n) is 1.94. The van der Waals surface area contributed by atoms with E-state index in [9.17, 15) is 5.11 Å². The number of hydrogen-bond donors (Lipinski definition) is 1. The molecule has 0 saturated carbocycles. The van der Waals surface area contributed by atoms with E-state index in [0.717, 1.165) is 8.95 Å². The number of halogens is 3. The Kier molecular flexibility index (Phi) is 5.54. The Morgan fingerprint density at radius 2 is 1.62 bits per heavy atom. The van der Waals surface area contributed by atoms with Crippen molar-refractivity contribution in [3.63, 3.8) is 0 Å². The molecule has 1 atom stereocenters.